The topological polar surface area (TPSA) is 89.3 Å². The van der Waals surface area contributed by atoms with Gasteiger partial charge in [-0.05, 0) is 32.6 Å². The van der Waals surface area contributed by atoms with Gasteiger partial charge in [0.1, 0.15) is 17.7 Å². The lowest BCUT2D eigenvalue weighted by atomic mass is 9.74. The molecule has 6 nitrogen and oxygen atoms in total. The molecule has 0 spiro atoms. The van der Waals surface area contributed by atoms with E-state index in [1.807, 2.05) is 6.92 Å². The molecule has 2 heterocycles. The number of hydrogen-bond donors (Lipinski definition) is 2. The number of nitrogens with two attached hydrogens (primary N) is 1. The molecule has 3 rings (SSSR count). The molecule has 0 amide bonds. The van der Waals surface area contributed by atoms with E-state index < -0.39 is 5.60 Å². The van der Waals surface area contributed by atoms with Crippen LogP contribution in [-0.4, -0.2) is 30.3 Å². The van der Waals surface area contributed by atoms with Gasteiger partial charge >= 0.3 is 0 Å². The molecular weight excluding hydrogens is 254 g/mol. The van der Waals surface area contributed by atoms with Crippen LogP contribution in [0.15, 0.2) is 6.33 Å². The quantitative estimate of drug-likeness (QED) is 0.753. The van der Waals surface area contributed by atoms with Crippen molar-refractivity contribution in [3.63, 3.8) is 0 Å². The minimum absolute atomic E-state index is 0.250. The molecule has 2 aromatic heterocycles. The number of nitrogen functional groups attached to an aromatic ring is 1. The molecule has 0 saturated heterocycles. The Kier molecular flexibility index (Phi) is 2.87. The van der Waals surface area contributed by atoms with Crippen molar-refractivity contribution in [2.45, 2.75) is 38.7 Å². The number of aliphatic hydroxyl groups is 1. The fourth-order valence-electron chi connectivity index (χ4n) is 2.39. The highest BCUT2D eigenvalue weighted by atomic mass is 16.3. The second-order valence-corrected chi connectivity index (χ2v) is 5.45. The van der Waals surface area contributed by atoms with Gasteiger partial charge in [0.2, 0.25) is 0 Å². The fourth-order valence-corrected chi connectivity index (χ4v) is 2.39. The van der Waals surface area contributed by atoms with E-state index in [1.165, 1.54) is 10.8 Å². The van der Waals surface area contributed by atoms with Gasteiger partial charge in [0.05, 0.1) is 11.3 Å². The highest BCUT2D eigenvalue weighted by Crippen LogP contribution is 2.35. The first-order valence-corrected chi connectivity index (χ1v) is 6.70. The van der Waals surface area contributed by atoms with E-state index in [9.17, 15) is 5.11 Å². The lowest BCUT2D eigenvalue weighted by Crippen LogP contribution is -2.37. The SMILES string of the molecule is Cc1nc2ncnn2c(N)c1C#CC(C)(O)C1CCC1. The third-order valence-electron chi connectivity index (χ3n) is 3.98. The smallest absolute Gasteiger partial charge is 0.254 e. The van der Waals surface area contributed by atoms with Crippen molar-refractivity contribution in [1.82, 2.24) is 19.6 Å². The molecular formula is C14H17N5O. The van der Waals surface area contributed by atoms with Crippen molar-refractivity contribution in [2.24, 2.45) is 5.92 Å². The first kappa shape index (κ1) is 12.9. The Morgan fingerprint density at radius 3 is 2.90 bits per heavy atom. The molecule has 1 unspecified atom stereocenters. The second kappa shape index (κ2) is 4.46. The summed E-state index contributed by atoms with van der Waals surface area (Å²) >= 11 is 0. The summed E-state index contributed by atoms with van der Waals surface area (Å²) in [6, 6.07) is 0. The van der Waals surface area contributed by atoms with E-state index >= 15 is 0 Å². The maximum absolute atomic E-state index is 10.4. The Hall–Kier alpha value is -2.13. The minimum atomic E-state index is -0.978. The molecule has 0 aliphatic heterocycles. The van der Waals surface area contributed by atoms with E-state index in [0.717, 1.165) is 19.3 Å². The molecule has 1 atom stereocenters. The number of nitrogens with zero attached hydrogens (tertiary/aromatic N) is 4. The normalized spacial score (nSPS) is 18.1. The zero-order chi connectivity index (χ0) is 14.3. The first-order valence-electron chi connectivity index (χ1n) is 6.70. The van der Waals surface area contributed by atoms with Crippen LogP contribution >= 0.6 is 0 Å². The Balaban J connectivity index is 2.02. The number of aromatic nitrogens is 4. The molecule has 3 N–H and O–H groups in total. The van der Waals surface area contributed by atoms with Gasteiger partial charge in [-0.2, -0.15) is 14.6 Å². The lowest BCUT2D eigenvalue weighted by molar-refractivity contribution is 0.0163. The van der Waals surface area contributed by atoms with Gasteiger partial charge in [-0.1, -0.05) is 18.3 Å². The van der Waals surface area contributed by atoms with E-state index in [4.69, 9.17) is 5.73 Å². The molecule has 0 aromatic carbocycles. The van der Waals surface area contributed by atoms with Crippen LogP contribution in [0.4, 0.5) is 5.82 Å². The van der Waals surface area contributed by atoms with Gasteiger partial charge in [0, 0.05) is 0 Å². The molecule has 1 aliphatic carbocycles. The Morgan fingerprint density at radius 2 is 2.25 bits per heavy atom. The summed E-state index contributed by atoms with van der Waals surface area (Å²) in [5, 5.41) is 14.4. The number of anilines is 1. The molecule has 1 saturated carbocycles. The van der Waals surface area contributed by atoms with Crippen LogP contribution in [0.2, 0.25) is 0 Å². The molecule has 0 bridgehead atoms. The van der Waals surface area contributed by atoms with Crippen LogP contribution < -0.4 is 5.73 Å². The average Bonchev–Trinajstić information content (AvgIpc) is 2.73. The number of hydrogen-bond acceptors (Lipinski definition) is 5. The van der Waals surface area contributed by atoms with Gasteiger partial charge < -0.3 is 10.8 Å². The van der Waals surface area contributed by atoms with Gasteiger partial charge in [-0.15, -0.1) is 0 Å². The maximum Gasteiger partial charge on any atom is 0.254 e. The molecule has 104 valence electrons. The van der Waals surface area contributed by atoms with Gasteiger partial charge in [0.15, 0.2) is 0 Å². The average molecular weight is 271 g/mol. The van der Waals surface area contributed by atoms with Gasteiger partial charge in [-0.3, -0.25) is 0 Å². The van der Waals surface area contributed by atoms with Crippen molar-refractivity contribution in [3.8, 4) is 11.8 Å². The summed E-state index contributed by atoms with van der Waals surface area (Å²) in [5.41, 5.74) is 6.37. The van der Waals surface area contributed by atoms with Gasteiger partial charge in [0.25, 0.3) is 5.78 Å². The Morgan fingerprint density at radius 1 is 1.50 bits per heavy atom. The van der Waals surface area contributed by atoms with E-state index in [0.29, 0.717) is 22.9 Å². The molecule has 1 aliphatic rings. The third-order valence-corrected chi connectivity index (χ3v) is 3.98. The summed E-state index contributed by atoms with van der Waals surface area (Å²) in [4.78, 5) is 8.31. The molecule has 0 radical (unpaired) electrons. The van der Waals surface area contributed by atoms with Crippen molar-refractivity contribution in [1.29, 1.82) is 0 Å². The van der Waals surface area contributed by atoms with Crippen LogP contribution in [0.1, 0.15) is 37.4 Å². The Labute approximate surface area is 117 Å². The predicted molar refractivity (Wildman–Crippen MR) is 74.8 cm³/mol. The summed E-state index contributed by atoms with van der Waals surface area (Å²) in [6.07, 6.45) is 4.61. The third kappa shape index (κ3) is 2.00. The van der Waals surface area contributed by atoms with Crippen molar-refractivity contribution in [3.05, 3.63) is 17.6 Å². The highest BCUT2D eigenvalue weighted by Gasteiger charge is 2.34. The monoisotopic (exact) mass is 271 g/mol. The zero-order valence-electron chi connectivity index (χ0n) is 11.6. The summed E-state index contributed by atoms with van der Waals surface area (Å²) in [7, 11) is 0. The van der Waals surface area contributed by atoms with Crippen molar-refractivity contribution in [2.75, 3.05) is 5.73 Å². The van der Waals surface area contributed by atoms with Crippen LogP contribution in [0.25, 0.3) is 5.78 Å². The molecule has 2 aromatic rings. The van der Waals surface area contributed by atoms with E-state index in [-0.39, 0.29) is 5.92 Å². The summed E-state index contributed by atoms with van der Waals surface area (Å²) in [5.74, 6) is 7.03. The van der Waals surface area contributed by atoms with E-state index in [1.54, 1.807) is 6.92 Å². The number of aryl methyl sites for hydroxylation is 1. The fraction of sp³-hybridized carbons (Fsp3) is 0.500. The zero-order valence-corrected chi connectivity index (χ0v) is 11.6. The molecule has 6 heteroatoms. The predicted octanol–water partition coefficient (Wildman–Crippen LogP) is 0.918. The van der Waals surface area contributed by atoms with Crippen LogP contribution in [0.5, 0.6) is 0 Å². The van der Waals surface area contributed by atoms with Gasteiger partial charge in [-0.25, -0.2) is 4.98 Å². The lowest BCUT2D eigenvalue weighted by Gasteiger charge is -2.35. The first-order chi connectivity index (χ1) is 9.49. The summed E-state index contributed by atoms with van der Waals surface area (Å²) in [6.45, 7) is 3.59. The largest absolute Gasteiger partial charge is 0.382 e. The Bertz CT molecular complexity index is 718. The van der Waals surface area contributed by atoms with Crippen LogP contribution in [0.3, 0.4) is 0 Å². The highest BCUT2D eigenvalue weighted by molar-refractivity contribution is 5.57. The molecule has 20 heavy (non-hydrogen) atoms. The van der Waals surface area contributed by atoms with Crippen LogP contribution in [0, 0.1) is 24.7 Å². The summed E-state index contributed by atoms with van der Waals surface area (Å²) < 4.78 is 1.45. The van der Waals surface area contributed by atoms with E-state index in [2.05, 4.69) is 26.9 Å². The van der Waals surface area contributed by atoms with Crippen LogP contribution in [-0.2, 0) is 0 Å². The van der Waals surface area contributed by atoms with Crippen molar-refractivity contribution < 1.29 is 5.11 Å². The number of fused-ring (bicyclic) bond motifs is 1. The number of rotatable bonds is 1. The minimum Gasteiger partial charge on any atom is -0.382 e. The second-order valence-electron chi connectivity index (χ2n) is 5.45. The maximum atomic E-state index is 10.4. The van der Waals surface area contributed by atoms with Crippen molar-refractivity contribution >= 4 is 11.6 Å². The molecule has 1 fully saturated rings. The standard InChI is InChI=1S/C14H17N5O/c1-9-11(6-7-14(2,20)10-4-3-5-10)12(15)19-13(18-9)16-8-17-19/h8,10,20H,3-5,15H2,1-2H3.